The Hall–Kier alpha value is -1.48. The molecule has 2 aromatic carbocycles. The van der Waals surface area contributed by atoms with Crippen LogP contribution in [0.4, 0.5) is 4.79 Å². The van der Waals surface area contributed by atoms with Gasteiger partial charge in [-0.1, -0.05) is 37.3 Å². The second kappa shape index (κ2) is 5.91. The zero-order chi connectivity index (χ0) is 13.0. The molecule has 0 N–H and O–H groups in total. The van der Waals surface area contributed by atoms with Gasteiger partial charge in [0, 0.05) is 18.5 Å². The lowest BCUT2D eigenvalue weighted by molar-refractivity contribution is 0.233. The Labute approximate surface area is 112 Å². The van der Waals surface area contributed by atoms with E-state index < -0.39 is 0 Å². The SMILES string of the molecule is CCCN(C)C(=O)Sc1ccc2ccccc2c1. The molecule has 0 fully saturated rings. The molecule has 2 aromatic rings. The number of carbonyl (C=O) groups is 1. The molecule has 1 amide bonds. The fraction of sp³-hybridized carbons (Fsp3) is 0.267. The highest BCUT2D eigenvalue weighted by Crippen LogP contribution is 2.25. The first-order valence-corrected chi connectivity index (χ1v) is 6.94. The Bertz CT molecular complexity index is 553. The second-order valence-corrected chi connectivity index (χ2v) is 5.32. The molecule has 0 aromatic heterocycles. The third-order valence-electron chi connectivity index (χ3n) is 2.80. The van der Waals surface area contributed by atoms with Crippen LogP contribution in [0.2, 0.25) is 0 Å². The number of hydrogen-bond donors (Lipinski definition) is 0. The van der Waals surface area contributed by atoms with Crippen molar-refractivity contribution in [3.8, 4) is 0 Å². The molecule has 0 aliphatic carbocycles. The fourth-order valence-corrected chi connectivity index (χ4v) is 2.61. The van der Waals surface area contributed by atoms with E-state index in [1.807, 2.05) is 25.2 Å². The Kier molecular flexibility index (Phi) is 4.26. The summed E-state index contributed by atoms with van der Waals surface area (Å²) in [6.07, 6.45) is 0.987. The molecule has 3 heteroatoms. The van der Waals surface area contributed by atoms with Gasteiger partial charge in [-0.2, -0.15) is 0 Å². The van der Waals surface area contributed by atoms with Crippen molar-refractivity contribution in [2.45, 2.75) is 18.2 Å². The van der Waals surface area contributed by atoms with Crippen molar-refractivity contribution in [3.05, 3.63) is 42.5 Å². The van der Waals surface area contributed by atoms with Crippen LogP contribution >= 0.6 is 11.8 Å². The van der Waals surface area contributed by atoms with Crippen LogP contribution < -0.4 is 0 Å². The number of thioether (sulfide) groups is 1. The minimum Gasteiger partial charge on any atom is -0.336 e. The summed E-state index contributed by atoms with van der Waals surface area (Å²) in [5.74, 6) is 0. The molecule has 0 atom stereocenters. The highest BCUT2D eigenvalue weighted by atomic mass is 32.2. The first-order valence-electron chi connectivity index (χ1n) is 6.12. The van der Waals surface area contributed by atoms with Crippen LogP contribution in [0.25, 0.3) is 10.8 Å². The van der Waals surface area contributed by atoms with Crippen molar-refractivity contribution in [2.24, 2.45) is 0 Å². The van der Waals surface area contributed by atoms with Gasteiger partial charge in [0.1, 0.15) is 0 Å². The largest absolute Gasteiger partial charge is 0.336 e. The van der Waals surface area contributed by atoms with Gasteiger partial charge in [-0.05, 0) is 41.1 Å². The third kappa shape index (κ3) is 3.05. The van der Waals surface area contributed by atoms with E-state index in [9.17, 15) is 4.79 Å². The van der Waals surface area contributed by atoms with Crippen LogP contribution in [0, 0.1) is 0 Å². The summed E-state index contributed by atoms with van der Waals surface area (Å²) < 4.78 is 0. The van der Waals surface area contributed by atoms with Gasteiger partial charge >= 0.3 is 0 Å². The number of fused-ring (bicyclic) bond motifs is 1. The normalized spacial score (nSPS) is 10.6. The molecule has 0 saturated carbocycles. The van der Waals surface area contributed by atoms with E-state index in [0.717, 1.165) is 17.9 Å². The van der Waals surface area contributed by atoms with E-state index in [4.69, 9.17) is 0 Å². The van der Waals surface area contributed by atoms with Crippen LogP contribution in [-0.4, -0.2) is 23.7 Å². The van der Waals surface area contributed by atoms with E-state index in [1.165, 1.54) is 22.5 Å². The van der Waals surface area contributed by atoms with E-state index >= 15 is 0 Å². The Morgan fingerprint density at radius 3 is 2.61 bits per heavy atom. The lowest BCUT2D eigenvalue weighted by atomic mass is 10.1. The maximum Gasteiger partial charge on any atom is 0.286 e. The monoisotopic (exact) mass is 259 g/mol. The summed E-state index contributed by atoms with van der Waals surface area (Å²) in [6, 6.07) is 14.3. The van der Waals surface area contributed by atoms with Crippen LogP contribution in [0.1, 0.15) is 13.3 Å². The van der Waals surface area contributed by atoms with Crippen LogP contribution in [0.15, 0.2) is 47.4 Å². The van der Waals surface area contributed by atoms with Crippen LogP contribution in [0.3, 0.4) is 0 Å². The lowest BCUT2D eigenvalue weighted by Crippen LogP contribution is -2.23. The summed E-state index contributed by atoms with van der Waals surface area (Å²) in [7, 11) is 1.85. The number of nitrogens with zero attached hydrogens (tertiary/aromatic N) is 1. The predicted molar refractivity (Wildman–Crippen MR) is 78.1 cm³/mol. The van der Waals surface area contributed by atoms with Gasteiger partial charge in [0.25, 0.3) is 5.24 Å². The molecule has 94 valence electrons. The summed E-state index contributed by atoms with van der Waals surface area (Å²) in [4.78, 5) is 14.7. The predicted octanol–water partition coefficient (Wildman–Crippen LogP) is 4.39. The van der Waals surface area contributed by atoms with Gasteiger partial charge in [0.15, 0.2) is 0 Å². The molecule has 18 heavy (non-hydrogen) atoms. The lowest BCUT2D eigenvalue weighted by Gasteiger charge is -2.15. The average molecular weight is 259 g/mol. The van der Waals surface area contributed by atoms with Gasteiger partial charge in [-0.25, -0.2) is 0 Å². The summed E-state index contributed by atoms with van der Waals surface area (Å²) in [5.41, 5.74) is 0. The van der Waals surface area contributed by atoms with Crippen molar-refractivity contribution >= 4 is 27.8 Å². The minimum absolute atomic E-state index is 0.104. The molecule has 2 rings (SSSR count). The first-order chi connectivity index (χ1) is 8.70. The van der Waals surface area contributed by atoms with Gasteiger partial charge in [-0.3, -0.25) is 4.79 Å². The van der Waals surface area contributed by atoms with Crippen molar-refractivity contribution in [1.29, 1.82) is 0 Å². The highest BCUT2D eigenvalue weighted by molar-refractivity contribution is 8.13. The molecule has 0 unspecified atom stereocenters. The van der Waals surface area contributed by atoms with Crippen molar-refractivity contribution in [2.75, 3.05) is 13.6 Å². The topological polar surface area (TPSA) is 20.3 Å². The molecule has 0 radical (unpaired) electrons. The van der Waals surface area contributed by atoms with Gasteiger partial charge in [0.05, 0.1) is 0 Å². The number of benzene rings is 2. The van der Waals surface area contributed by atoms with Crippen molar-refractivity contribution in [3.63, 3.8) is 0 Å². The average Bonchev–Trinajstić information content (AvgIpc) is 2.39. The molecule has 2 nitrogen and oxygen atoms in total. The zero-order valence-corrected chi connectivity index (χ0v) is 11.5. The van der Waals surface area contributed by atoms with Crippen molar-refractivity contribution < 1.29 is 4.79 Å². The molecule has 0 aliphatic rings. The summed E-state index contributed by atoms with van der Waals surface area (Å²) in [5, 5.41) is 2.48. The molecule has 0 bridgehead atoms. The minimum atomic E-state index is 0.104. The quantitative estimate of drug-likeness (QED) is 0.762. The molecular formula is C15H17NOS. The maximum absolute atomic E-state index is 11.9. The standard InChI is InChI=1S/C15H17NOS/c1-3-10-16(2)15(17)18-14-9-8-12-6-4-5-7-13(12)11-14/h4-9,11H,3,10H2,1-2H3. The smallest absolute Gasteiger partial charge is 0.286 e. The molecular weight excluding hydrogens is 242 g/mol. The first kappa shape index (κ1) is 13.0. The molecule has 0 saturated heterocycles. The summed E-state index contributed by atoms with van der Waals surface area (Å²) in [6.45, 7) is 2.88. The van der Waals surface area contributed by atoms with Gasteiger partial charge < -0.3 is 4.90 Å². The number of hydrogen-bond acceptors (Lipinski definition) is 2. The van der Waals surface area contributed by atoms with Crippen LogP contribution in [0.5, 0.6) is 0 Å². The molecule has 0 heterocycles. The Morgan fingerprint density at radius 2 is 1.89 bits per heavy atom. The number of carbonyl (C=O) groups excluding carboxylic acids is 1. The van der Waals surface area contributed by atoms with Crippen LogP contribution in [-0.2, 0) is 0 Å². The van der Waals surface area contributed by atoms with Crippen molar-refractivity contribution in [1.82, 2.24) is 4.90 Å². The second-order valence-electron chi connectivity index (χ2n) is 4.30. The molecule has 0 aliphatic heterocycles. The molecule has 0 spiro atoms. The summed E-state index contributed by atoms with van der Waals surface area (Å²) >= 11 is 1.29. The maximum atomic E-state index is 11.9. The number of amides is 1. The highest BCUT2D eigenvalue weighted by Gasteiger charge is 2.09. The number of rotatable bonds is 3. The zero-order valence-electron chi connectivity index (χ0n) is 10.7. The third-order valence-corrected chi connectivity index (χ3v) is 3.77. The van der Waals surface area contributed by atoms with E-state index in [-0.39, 0.29) is 5.24 Å². The van der Waals surface area contributed by atoms with E-state index in [0.29, 0.717) is 0 Å². The van der Waals surface area contributed by atoms with Gasteiger partial charge in [-0.15, -0.1) is 0 Å². The Morgan fingerprint density at radius 1 is 1.17 bits per heavy atom. The Balaban J connectivity index is 2.14. The van der Waals surface area contributed by atoms with E-state index in [1.54, 1.807) is 4.90 Å². The fourth-order valence-electron chi connectivity index (χ4n) is 1.84. The van der Waals surface area contributed by atoms with E-state index in [2.05, 4.69) is 31.2 Å². The van der Waals surface area contributed by atoms with Gasteiger partial charge in [0.2, 0.25) is 0 Å².